The van der Waals surface area contributed by atoms with Crippen molar-refractivity contribution in [2.75, 3.05) is 0 Å². The monoisotopic (exact) mass is 458 g/mol. The molecular formula is C31H24P2. The van der Waals surface area contributed by atoms with Crippen molar-refractivity contribution >= 4 is 84.7 Å². The molecule has 0 saturated carbocycles. The Kier molecular flexibility index (Phi) is 3.97. The molecule has 2 unspecified atom stereocenters. The second-order valence-electron chi connectivity index (χ2n) is 9.35. The van der Waals surface area contributed by atoms with Crippen molar-refractivity contribution in [3.8, 4) is 0 Å². The van der Waals surface area contributed by atoms with Crippen molar-refractivity contribution in [2.24, 2.45) is 13.3 Å². The van der Waals surface area contributed by atoms with E-state index in [0.29, 0.717) is 0 Å². The van der Waals surface area contributed by atoms with E-state index in [9.17, 15) is 0 Å². The highest BCUT2D eigenvalue weighted by Gasteiger charge is 2.16. The Hall–Kier alpha value is -3.04. The van der Waals surface area contributed by atoms with E-state index in [1.807, 2.05) is 6.08 Å². The van der Waals surface area contributed by atoms with E-state index in [1.54, 1.807) is 0 Å². The van der Waals surface area contributed by atoms with E-state index in [4.69, 9.17) is 0 Å². The summed E-state index contributed by atoms with van der Waals surface area (Å²) in [5.74, 6) is 0. The lowest BCUT2D eigenvalue weighted by atomic mass is 10.0. The van der Waals surface area contributed by atoms with Crippen LogP contribution in [0.5, 0.6) is 0 Å². The van der Waals surface area contributed by atoms with Gasteiger partial charge in [-0.3, -0.25) is 0 Å². The van der Waals surface area contributed by atoms with E-state index < -0.39 is 0 Å². The van der Waals surface area contributed by atoms with E-state index in [2.05, 4.69) is 99.6 Å². The van der Waals surface area contributed by atoms with Gasteiger partial charge in [-0.2, -0.15) is 0 Å². The zero-order chi connectivity index (χ0) is 22.4. The Morgan fingerprint density at radius 1 is 0.576 bits per heavy atom. The molecule has 0 nitrogen and oxygen atoms in total. The van der Waals surface area contributed by atoms with Crippen LogP contribution < -0.4 is 0 Å². The molecule has 0 spiro atoms. The highest BCUT2D eigenvalue weighted by molar-refractivity contribution is 7.61. The molecule has 0 bridgehead atoms. The van der Waals surface area contributed by atoms with Crippen LogP contribution in [0.4, 0.5) is 0 Å². The standard InChI is InChI=1S/C31H24P2/c1-5-19-13-24-26-16-31-27(17-30(26)32(3)28(24)10-18(19)2)25-14-22-11-20-8-6-7-9-21(20)12-23(22)15-29(25)33(31)4/h5-17H,1H2,2-4H3. The molecule has 0 saturated heterocycles. The van der Waals surface area contributed by atoms with Crippen LogP contribution in [0.3, 0.4) is 0 Å². The summed E-state index contributed by atoms with van der Waals surface area (Å²) >= 11 is 0. The molecule has 0 N–H and O–H groups in total. The summed E-state index contributed by atoms with van der Waals surface area (Å²) in [6.07, 6.45) is 2.00. The van der Waals surface area contributed by atoms with Crippen molar-refractivity contribution in [1.82, 2.24) is 0 Å². The summed E-state index contributed by atoms with van der Waals surface area (Å²) in [5.41, 5.74) is 2.59. The quantitative estimate of drug-likeness (QED) is 0.215. The molecule has 2 heterocycles. The fourth-order valence-corrected chi connectivity index (χ4v) is 9.79. The van der Waals surface area contributed by atoms with Gasteiger partial charge in [-0.1, -0.05) is 36.9 Å². The predicted octanol–water partition coefficient (Wildman–Crippen LogP) is 10.6. The van der Waals surface area contributed by atoms with E-state index >= 15 is 0 Å². The molecule has 0 radical (unpaired) electrons. The van der Waals surface area contributed by atoms with Crippen molar-refractivity contribution in [2.45, 2.75) is 6.92 Å². The van der Waals surface area contributed by atoms with Gasteiger partial charge in [-0.15, -0.1) is 15.1 Å². The Morgan fingerprint density at radius 2 is 1.06 bits per heavy atom. The van der Waals surface area contributed by atoms with Crippen molar-refractivity contribution in [1.29, 1.82) is 0 Å². The summed E-state index contributed by atoms with van der Waals surface area (Å²) in [5, 5.41) is 17.3. The molecule has 2 atom stereocenters. The maximum absolute atomic E-state index is 4.04. The third-order valence-electron chi connectivity index (χ3n) is 7.56. The van der Waals surface area contributed by atoms with Crippen LogP contribution in [0.1, 0.15) is 11.1 Å². The summed E-state index contributed by atoms with van der Waals surface area (Å²) in [6, 6.07) is 28.2. The lowest BCUT2D eigenvalue weighted by Crippen LogP contribution is -1.79. The number of hydrogen-bond donors (Lipinski definition) is 0. The first-order chi connectivity index (χ1) is 16.0. The molecule has 7 aromatic rings. The van der Waals surface area contributed by atoms with Crippen LogP contribution in [-0.2, 0) is 13.3 Å². The van der Waals surface area contributed by atoms with Crippen molar-refractivity contribution in [3.05, 3.63) is 90.5 Å². The zero-order valence-electron chi connectivity index (χ0n) is 19.1. The van der Waals surface area contributed by atoms with E-state index in [1.165, 1.54) is 74.7 Å². The van der Waals surface area contributed by atoms with Crippen LogP contribution >= 0.6 is 15.1 Å². The highest BCUT2D eigenvalue weighted by atomic mass is 31.1. The number of fused-ring (bicyclic) bond motifs is 8. The van der Waals surface area contributed by atoms with Gasteiger partial charge in [0.15, 0.2) is 0 Å². The number of hydrogen-bond acceptors (Lipinski definition) is 0. The molecular weight excluding hydrogens is 434 g/mol. The lowest BCUT2D eigenvalue weighted by Gasteiger charge is -2.04. The minimum absolute atomic E-state index is 0.326. The zero-order valence-corrected chi connectivity index (χ0v) is 20.9. The van der Waals surface area contributed by atoms with E-state index in [0.717, 1.165) is 0 Å². The fraction of sp³-hybridized carbons (Fsp3) is 0.0968. The summed E-state index contributed by atoms with van der Waals surface area (Å²) in [7, 11) is -0.679. The maximum Gasteiger partial charge on any atom is 0.00280 e. The van der Waals surface area contributed by atoms with Crippen LogP contribution in [0.2, 0.25) is 0 Å². The fourth-order valence-electron chi connectivity index (χ4n) is 5.72. The lowest BCUT2D eigenvalue weighted by molar-refractivity contribution is 1.49. The Labute approximate surface area is 195 Å². The average Bonchev–Trinajstić information content (AvgIpc) is 3.25. The SMILES string of the molecule is C=Cc1cc2c3cc4c(cc3p(C)c2cc1C)c1cc2cc3ccccc3cc2cc1p4C. The normalized spacial score (nSPS) is 13.3. The van der Waals surface area contributed by atoms with Crippen LogP contribution in [0.15, 0.2) is 79.4 Å². The Bertz CT molecular complexity index is 1960. The topological polar surface area (TPSA) is 0 Å². The second kappa shape index (κ2) is 6.74. The molecule has 33 heavy (non-hydrogen) atoms. The van der Waals surface area contributed by atoms with Crippen LogP contribution in [0.25, 0.3) is 69.6 Å². The molecule has 0 aliphatic carbocycles. The molecule has 2 heteroatoms. The minimum atomic E-state index is -0.354. The number of aryl methyl sites for hydroxylation is 3. The largest absolute Gasteiger partial charge is 0.112 e. The van der Waals surface area contributed by atoms with Gasteiger partial charge in [0, 0.05) is 20.5 Å². The smallest absolute Gasteiger partial charge is 0.00280 e. The Morgan fingerprint density at radius 3 is 1.67 bits per heavy atom. The number of benzene rings is 5. The summed E-state index contributed by atoms with van der Waals surface area (Å²) in [6.45, 7) is 11.1. The van der Waals surface area contributed by atoms with Crippen LogP contribution in [-0.4, -0.2) is 0 Å². The highest BCUT2D eigenvalue weighted by Crippen LogP contribution is 2.54. The van der Waals surface area contributed by atoms with Gasteiger partial charge in [0.25, 0.3) is 0 Å². The first kappa shape index (κ1) is 19.4. The number of rotatable bonds is 1. The predicted molar refractivity (Wildman–Crippen MR) is 154 cm³/mol. The first-order valence-electron chi connectivity index (χ1n) is 11.4. The second-order valence-corrected chi connectivity index (χ2v) is 13.5. The summed E-state index contributed by atoms with van der Waals surface area (Å²) < 4.78 is 0. The molecule has 0 aliphatic rings. The van der Waals surface area contributed by atoms with Gasteiger partial charge in [-0.25, -0.2) is 0 Å². The first-order valence-corrected chi connectivity index (χ1v) is 15.0. The maximum atomic E-state index is 4.04. The van der Waals surface area contributed by atoms with Crippen LogP contribution in [0, 0.1) is 6.92 Å². The van der Waals surface area contributed by atoms with Gasteiger partial charge in [0.2, 0.25) is 0 Å². The molecule has 0 fully saturated rings. The molecule has 158 valence electrons. The molecule has 0 amide bonds. The van der Waals surface area contributed by atoms with Gasteiger partial charge in [0.1, 0.15) is 0 Å². The van der Waals surface area contributed by atoms with Crippen molar-refractivity contribution < 1.29 is 0 Å². The molecule has 2 aromatic heterocycles. The Balaban J connectivity index is 1.63. The molecule has 7 rings (SSSR count). The third kappa shape index (κ3) is 2.60. The van der Waals surface area contributed by atoms with Crippen molar-refractivity contribution in [3.63, 3.8) is 0 Å². The minimum Gasteiger partial charge on any atom is -0.112 e. The van der Waals surface area contributed by atoms with Gasteiger partial charge in [0.05, 0.1) is 0 Å². The molecule has 5 aromatic carbocycles. The third-order valence-corrected chi connectivity index (χ3v) is 11.9. The molecule has 0 aliphatic heterocycles. The van der Waals surface area contributed by atoms with E-state index in [-0.39, 0.29) is 15.1 Å². The van der Waals surface area contributed by atoms with Gasteiger partial charge < -0.3 is 0 Å². The van der Waals surface area contributed by atoms with Gasteiger partial charge >= 0.3 is 0 Å². The average molecular weight is 458 g/mol. The van der Waals surface area contributed by atoms with Gasteiger partial charge in [-0.05, 0) is 123 Å². The summed E-state index contributed by atoms with van der Waals surface area (Å²) in [4.78, 5) is 0.